The van der Waals surface area contributed by atoms with Gasteiger partial charge in [-0.05, 0) is 55.4 Å². The maximum Gasteiger partial charge on any atom is 0.126 e. The summed E-state index contributed by atoms with van der Waals surface area (Å²) in [6.45, 7) is 0. The molecule has 0 saturated heterocycles. The highest BCUT2D eigenvalue weighted by Gasteiger charge is 2.22. The first kappa shape index (κ1) is 10.6. The van der Waals surface area contributed by atoms with Crippen LogP contribution >= 0.6 is 0 Å². The third-order valence-electron chi connectivity index (χ3n) is 3.17. The molecule has 0 radical (unpaired) electrons. The monoisotopic (exact) mass is 211 g/mol. The highest BCUT2D eigenvalue weighted by atomic mass is 19.1. The lowest BCUT2D eigenvalue weighted by atomic mass is 9.82. The van der Waals surface area contributed by atoms with Crippen LogP contribution in [0.1, 0.15) is 37.2 Å². The summed E-state index contributed by atoms with van der Waals surface area (Å²) >= 11 is 0. The van der Waals surface area contributed by atoms with Crippen molar-refractivity contribution in [1.82, 2.24) is 0 Å². The molecule has 0 atom stereocenters. The van der Waals surface area contributed by atoms with Crippen molar-refractivity contribution in [3.8, 4) is 0 Å². The Morgan fingerprint density at radius 3 is 2.40 bits per heavy atom. The van der Waals surface area contributed by atoms with E-state index in [1.807, 2.05) is 0 Å². The zero-order valence-corrected chi connectivity index (χ0v) is 8.55. The molecule has 1 nitrogen and oxygen atoms in total. The Morgan fingerprint density at radius 2 is 1.73 bits per heavy atom. The van der Waals surface area contributed by atoms with Gasteiger partial charge >= 0.3 is 0 Å². The van der Waals surface area contributed by atoms with E-state index in [0.717, 1.165) is 31.7 Å². The van der Waals surface area contributed by atoms with Gasteiger partial charge in [-0.15, -0.1) is 0 Å². The minimum Gasteiger partial charge on any atom is -0.328 e. The van der Waals surface area contributed by atoms with Gasteiger partial charge in [0.2, 0.25) is 0 Å². The molecule has 15 heavy (non-hydrogen) atoms. The fraction of sp³-hybridized carbons (Fsp3) is 0.500. The van der Waals surface area contributed by atoms with Gasteiger partial charge in [-0.25, -0.2) is 8.78 Å². The van der Waals surface area contributed by atoms with Gasteiger partial charge in [0.1, 0.15) is 11.6 Å². The first-order valence-electron chi connectivity index (χ1n) is 5.37. The topological polar surface area (TPSA) is 26.0 Å². The molecule has 0 aromatic heterocycles. The average Bonchev–Trinajstić information content (AvgIpc) is 2.23. The quantitative estimate of drug-likeness (QED) is 0.759. The third kappa shape index (κ3) is 2.34. The number of hydrogen-bond acceptors (Lipinski definition) is 1. The van der Waals surface area contributed by atoms with Gasteiger partial charge in [0, 0.05) is 6.04 Å². The van der Waals surface area contributed by atoms with E-state index in [-0.39, 0.29) is 23.6 Å². The van der Waals surface area contributed by atoms with Crippen molar-refractivity contribution in [3.05, 3.63) is 35.4 Å². The molecule has 1 aliphatic rings. The number of benzene rings is 1. The molecule has 0 spiro atoms. The molecule has 3 heteroatoms. The first-order valence-corrected chi connectivity index (χ1v) is 5.37. The molecule has 2 N–H and O–H groups in total. The molecular weight excluding hydrogens is 196 g/mol. The minimum atomic E-state index is -0.360. The van der Waals surface area contributed by atoms with Crippen LogP contribution in [0.5, 0.6) is 0 Å². The van der Waals surface area contributed by atoms with Crippen LogP contribution in [-0.2, 0) is 0 Å². The summed E-state index contributed by atoms with van der Waals surface area (Å²) in [7, 11) is 0. The van der Waals surface area contributed by atoms with Gasteiger partial charge in [0.05, 0.1) is 0 Å². The first-order chi connectivity index (χ1) is 7.16. The Bertz CT molecular complexity index is 343. The lowest BCUT2D eigenvalue weighted by Crippen LogP contribution is -2.26. The van der Waals surface area contributed by atoms with E-state index in [9.17, 15) is 8.78 Å². The molecular formula is C12H15F2N. The smallest absolute Gasteiger partial charge is 0.126 e. The van der Waals surface area contributed by atoms with Crippen LogP contribution in [0.2, 0.25) is 0 Å². The van der Waals surface area contributed by atoms with Crippen LogP contribution in [0.25, 0.3) is 0 Å². The number of nitrogens with two attached hydrogens (primary N) is 1. The van der Waals surface area contributed by atoms with Gasteiger partial charge in [0.25, 0.3) is 0 Å². The van der Waals surface area contributed by atoms with Gasteiger partial charge in [0.15, 0.2) is 0 Å². The third-order valence-corrected chi connectivity index (χ3v) is 3.17. The Labute approximate surface area is 88.3 Å². The van der Waals surface area contributed by atoms with Crippen molar-refractivity contribution >= 4 is 0 Å². The average molecular weight is 211 g/mol. The van der Waals surface area contributed by atoms with Crippen LogP contribution in [-0.4, -0.2) is 6.04 Å². The summed E-state index contributed by atoms with van der Waals surface area (Å²) in [6, 6.07) is 3.92. The van der Waals surface area contributed by atoms with Crippen LogP contribution in [0.3, 0.4) is 0 Å². The summed E-state index contributed by atoms with van der Waals surface area (Å²) in [5, 5.41) is 0. The van der Waals surface area contributed by atoms with Crippen molar-refractivity contribution in [2.75, 3.05) is 0 Å². The van der Waals surface area contributed by atoms with Crippen molar-refractivity contribution < 1.29 is 8.78 Å². The maximum atomic E-state index is 13.5. The Balaban J connectivity index is 2.18. The minimum absolute atomic E-state index is 0.139. The Morgan fingerprint density at radius 1 is 1.07 bits per heavy atom. The van der Waals surface area contributed by atoms with Crippen molar-refractivity contribution in [2.24, 2.45) is 5.73 Å². The second kappa shape index (κ2) is 4.27. The van der Waals surface area contributed by atoms with E-state index >= 15 is 0 Å². The molecule has 82 valence electrons. The molecule has 0 heterocycles. The number of rotatable bonds is 1. The highest BCUT2D eigenvalue weighted by Crippen LogP contribution is 2.33. The van der Waals surface area contributed by atoms with Crippen molar-refractivity contribution in [3.63, 3.8) is 0 Å². The standard InChI is InChI=1S/C12H15F2N/c13-9-3-6-12(14)11(7-9)8-1-4-10(15)5-2-8/h3,6-8,10H,1-2,4-5,15H2. The lowest BCUT2D eigenvalue weighted by Gasteiger charge is -2.26. The highest BCUT2D eigenvalue weighted by molar-refractivity contribution is 5.23. The zero-order chi connectivity index (χ0) is 10.8. The molecule has 0 amide bonds. The Hall–Kier alpha value is -0.960. The maximum absolute atomic E-state index is 13.5. The van der Waals surface area contributed by atoms with Crippen LogP contribution < -0.4 is 5.73 Å². The molecule has 1 fully saturated rings. The predicted octanol–water partition coefficient (Wildman–Crippen LogP) is 2.95. The number of hydrogen-bond donors (Lipinski definition) is 1. The van der Waals surface area contributed by atoms with E-state index in [1.54, 1.807) is 0 Å². The SMILES string of the molecule is NC1CCC(c2cc(F)ccc2F)CC1. The molecule has 0 bridgehead atoms. The van der Waals surface area contributed by atoms with Gasteiger partial charge in [-0.2, -0.15) is 0 Å². The fourth-order valence-corrected chi connectivity index (χ4v) is 2.26. The van der Waals surface area contributed by atoms with Gasteiger partial charge in [-0.3, -0.25) is 0 Å². The normalized spacial score (nSPS) is 26.6. The molecule has 1 saturated carbocycles. The molecule has 1 aliphatic carbocycles. The van der Waals surface area contributed by atoms with Crippen molar-refractivity contribution in [1.29, 1.82) is 0 Å². The molecule has 1 aromatic rings. The van der Waals surface area contributed by atoms with Gasteiger partial charge < -0.3 is 5.73 Å². The second-order valence-corrected chi connectivity index (χ2v) is 4.28. The molecule has 2 rings (SSSR count). The summed E-state index contributed by atoms with van der Waals surface area (Å²) < 4.78 is 26.4. The summed E-state index contributed by atoms with van der Waals surface area (Å²) in [5.41, 5.74) is 6.29. The molecule has 0 unspecified atom stereocenters. The van der Waals surface area contributed by atoms with E-state index < -0.39 is 0 Å². The van der Waals surface area contributed by atoms with E-state index in [0.29, 0.717) is 5.56 Å². The Kier molecular flexibility index (Phi) is 3.00. The lowest BCUT2D eigenvalue weighted by molar-refractivity contribution is 0.385. The van der Waals surface area contributed by atoms with Crippen molar-refractivity contribution in [2.45, 2.75) is 37.6 Å². The van der Waals surface area contributed by atoms with Crippen LogP contribution in [0, 0.1) is 11.6 Å². The summed E-state index contributed by atoms with van der Waals surface area (Å²) in [6.07, 6.45) is 3.53. The summed E-state index contributed by atoms with van der Waals surface area (Å²) in [4.78, 5) is 0. The van der Waals surface area contributed by atoms with Gasteiger partial charge in [-0.1, -0.05) is 0 Å². The fourth-order valence-electron chi connectivity index (χ4n) is 2.26. The largest absolute Gasteiger partial charge is 0.328 e. The zero-order valence-electron chi connectivity index (χ0n) is 8.55. The summed E-state index contributed by atoms with van der Waals surface area (Å²) in [5.74, 6) is -0.515. The van der Waals surface area contributed by atoms with E-state index in [4.69, 9.17) is 5.73 Å². The van der Waals surface area contributed by atoms with Crippen LogP contribution in [0.4, 0.5) is 8.78 Å². The second-order valence-electron chi connectivity index (χ2n) is 4.28. The van der Waals surface area contributed by atoms with Crippen LogP contribution in [0.15, 0.2) is 18.2 Å². The molecule has 0 aliphatic heterocycles. The molecule has 1 aromatic carbocycles. The van der Waals surface area contributed by atoms with E-state index in [1.165, 1.54) is 12.1 Å². The van der Waals surface area contributed by atoms with E-state index in [2.05, 4.69) is 0 Å². The predicted molar refractivity (Wildman–Crippen MR) is 55.5 cm³/mol. The number of halogens is 2.